The van der Waals surface area contributed by atoms with Crippen molar-refractivity contribution in [2.45, 2.75) is 13.0 Å². The third-order valence-corrected chi connectivity index (χ3v) is 4.72. The van der Waals surface area contributed by atoms with E-state index in [-0.39, 0.29) is 5.91 Å². The summed E-state index contributed by atoms with van der Waals surface area (Å²) in [7, 11) is 0. The number of hydrogen-bond acceptors (Lipinski definition) is 2. The smallest absolute Gasteiger partial charge is 0.230 e. The Morgan fingerprint density at radius 1 is 1.15 bits per heavy atom. The molecule has 1 amide bonds. The first kappa shape index (κ1) is 16.6. The summed E-state index contributed by atoms with van der Waals surface area (Å²) in [6, 6.07) is 17.8. The lowest BCUT2D eigenvalue weighted by Crippen LogP contribution is -2.17. The van der Waals surface area contributed by atoms with E-state index in [9.17, 15) is 4.79 Å². The lowest BCUT2D eigenvalue weighted by Gasteiger charge is -2.09. The molecule has 4 rings (SSSR count). The number of halogens is 1. The summed E-state index contributed by atoms with van der Waals surface area (Å²) in [4.78, 5) is 15.7. The number of H-pyrrole nitrogens is 1. The first-order chi connectivity index (χ1) is 12.7. The zero-order valence-corrected chi connectivity index (χ0v) is 15.5. The molecule has 2 aromatic heterocycles. The van der Waals surface area contributed by atoms with Gasteiger partial charge in [-0.25, -0.2) is 4.68 Å². The molecule has 0 unspecified atom stereocenters. The van der Waals surface area contributed by atoms with Gasteiger partial charge in [0.2, 0.25) is 5.91 Å². The number of aromatic nitrogens is 3. The molecule has 0 radical (unpaired) electrons. The Balaban J connectivity index is 1.48. The average molecular weight is 409 g/mol. The molecule has 0 saturated heterocycles. The van der Waals surface area contributed by atoms with Gasteiger partial charge >= 0.3 is 0 Å². The van der Waals surface area contributed by atoms with Crippen LogP contribution >= 0.6 is 15.9 Å². The second kappa shape index (κ2) is 7.17. The molecule has 0 aliphatic carbocycles. The molecule has 2 N–H and O–H groups in total. The summed E-state index contributed by atoms with van der Waals surface area (Å²) >= 11 is 3.48. The van der Waals surface area contributed by atoms with E-state index in [1.807, 2.05) is 60.8 Å². The molecule has 5 nitrogen and oxygen atoms in total. The van der Waals surface area contributed by atoms with E-state index in [4.69, 9.17) is 0 Å². The molecule has 0 atom stereocenters. The van der Waals surface area contributed by atoms with E-state index in [1.165, 1.54) is 0 Å². The van der Waals surface area contributed by atoms with Crippen LogP contribution in [0.1, 0.15) is 11.1 Å². The largest absolute Gasteiger partial charge is 0.361 e. The number of aromatic amines is 1. The summed E-state index contributed by atoms with van der Waals surface area (Å²) < 4.78 is 2.81. The number of carbonyl (C=O) groups excluding carboxylic acids is 1. The van der Waals surface area contributed by atoms with Crippen LogP contribution in [0.2, 0.25) is 0 Å². The summed E-state index contributed by atoms with van der Waals surface area (Å²) in [6.07, 6.45) is 3.90. The number of carbonyl (C=O) groups is 1. The fraction of sp³-hybridized carbons (Fsp3) is 0.100. The molecular formula is C20H17BrN4O. The van der Waals surface area contributed by atoms with Gasteiger partial charge in [-0.3, -0.25) is 4.79 Å². The van der Waals surface area contributed by atoms with Gasteiger partial charge in [0.1, 0.15) is 5.82 Å². The topological polar surface area (TPSA) is 62.7 Å². The molecular weight excluding hydrogens is 392 g/mol. The quantitative estimate of drug-likeness (QED) is 0.515. The van der Waals surface area contributed by atoms with Crippen molar-refractivity contribution < 1.29 is 4.79 Å². The Morgan fingerprint density at radius 3 is 2.92 bits per heavy atom. The first-order valence-electron chi connectivity index (χ1n) is 8.30. The van der Waals surface area contributed by atoms with Crippen LogP contribution in [0.15, 0.2) is 71.5 Å². The normalized spacial score (nSPS) is 11.0. The second-order valence-corrected chi connectivity index (χ2v) is 7.00. The van der Waals surface area contributed by atoms with Crippen LogP contribution in [0.3, 0.4) is 0 Å². The van der Waals surface area contributed by atoms with E-state index in [0.717, 1.165) is 26.5 Å². The van der Waals surface area contributed by atoms with Gasteiger partial charge in [-0.15, -0.1) is 0 Å². The Hall–Kier alpha value is -2.86. The van der Waals surface area contributed by atoms with Crippen molar-refractivity contribution >= 4 is 38.6 Å². The minimum Gasteiger partial charge on any atom is -0.361 e. The molecule has 2 heterocycles. The Kier molecular flexibility index (Phi) is 4.58. The second-order valence-electron chi connectivity index (χ2n) is 6.09. The third kappa shape index (κ3) is 3.55. The molecule has 130 valence electrons. The van der Waals surface area contributed by atoms with Gasteiger partial charge in [-0.1, -0.05) is 46.3 Å². The molecule has 6 heteroatoms. The standard InChI is InChI=1S/C20H17BrN4O/c21-16-5-3-4-14(10-16)13-25-19(8-9-23-25)24-20(26)11-15-12-22-18-7-2-1-6-17(15)18/h1-10,12,22H,11,13H2,(H,24,26). The summed E-state index contributed by atoms with van der Waals surface area (Å²) in [6.45, 7) is 0.592. The fourth-order valence-electron chi connectivity index (χ4n) is 3.01. The molecule has 0 fully saturated rings. The van der Waals surface area contributed by atoms with E-state index < -0.39 is 0 Å². The molecule has 0 saturated carbocycles. The number of amides is 1. The Labute approximate surface area is 159 Å². The summed E-state index contributed by atoms with van der Waals surface area (Å²) in [5.74, 6) is 0.626. The van der Waals surface area contributed by atoms with Crippen molar-refractivity contribution in [3.05, 3.63) is 82.6 Å². The lowest BCUT2D eigenvalue weighted by molar-refractivity contribution is -0.115. The highest BCUT2D eigenvalue weighted by atomic mass is 79.9. The van der Waals surface area contributed by atoms with Crippen LogP contribution in [0.4, 0.5) is 5.82 Å². The molecule has 0 aliphatic heterocycles. The number of rotatable bonds is 5. The Morgan fingerprint density at radius 2 is 2.04 bits per heavy atom. The van der Waals surface area contributed by atoms with Crippen molar-refractivity contribution in [1.29, 1.82) is 0 Å². The highest BCUT2D eigenvalue weighted by molar-refractivity contribution is 9.10. The van der Waals surface area contributed by atoms with E-state index in [0.29, 0.717) is 18.8 Å². The van der Waals surface area contributed by atoms with Crippen LogP contribution in [-0.2, 0) is 17.8 Å². The fourth-order valence-corrected chi connectivity index (χ4v) is 3.46. The number of nitrogens with zero attached hydrogens (tertiary/aromatic N) is 2. The number of anilines is 1. The van der Waals surface area contributed by atoms with Crippen LogP contribution in [-0.4, -0.2) is 20.7 Å². The van der Waals surface area contributed by atoms with Crippen molar-refractivity contribution in [3.63, 3.8) is 0 Å². The maximum absolute atomic E-state index is 12.5. The maximum atomic E-state index is 12.5. The SMILES string of the molecule is O=C(Cc1c[nH]c2ccccc12)Nc1ccnn1Cc1cccc(Br)c1. The van der Waals surface area contributed by atoms with Crippen LogP contribution in [0.5, 0.6) is 0 Å². The van der Waals surface area contributed by atoms with Gasteiger partial charge in [0.15, 0.2) is 0 Å². The number of para-hydroxylation sites is 1. The molecule has 2 aromatic carbocycles. The molecule has 0 aliphatic rings. The van der Waals surface area contributed by atoms with Crippen LogP contribution in [0, 0.1) is 0 Å². The lowest BCUT2D eigenvalue weighted by atomic mass is 10.1. The van der Waals surface area contributed by atoms with Gasteiger partial charge in [0.05, 0.1) is 19.2 Å². The monoisotopic (exact) mass is 408 g/mol. The van der Waals surface area contributed by atoms with Gasteiger partial charge in [0.25, 0.3) is 0 Å². The minimum absolute atomic E-state index is 0.0641. The van der Waals surface area contributed by atoms with E-state index in [2.05, 4.69) is 31.3 Å². The number of hydrogen-bond donors (Lipinski definition) is 2. The van der Waals surface area contributed by atoms with Gasteiger partial charge < -0.3 is 10.3 Å². The van der Waals surface area contributed by atoms with Gasteiger partial charge in [-0.05, 0) is 29.3 Å². The predicted molar refractivity (Wildman–Crippen MR) is 106 cm³/mol. The van der Waals surface area contributed by atoms with E-state index in [1.54, 1.807) is 10.9 Å². The molecule has 0 bridgehead atoms. The summed E-state index contributed by atoms with van der Waals surface area (Å²) in [5.41, 5.74) is 3.13. The number of benzene rings is 2. The summed E-state index contributed by atoms with van der Waals surface area (Å²) in [5, 5.41) is 8.36. The number of fused-ring (bicyclic) bond motifs is 1. The number of nitrogens with one attached hydrogen (secondary N) is 2. The average Bonchev–Trinajstić information content (AvgIpc) is 3.23. The minimum atomic E-state index is -0.0641. The van der Waals surface area contributed by atoms with Crippen molar-refractivity contribution in [2.75, 3.05) is 5.32 Å². The third-order valence-electron chi connectivity index (χ3n) is 4.23. The van der Waals surface area contributed by atoms with Crippen LogP contribution in [0.25, 0.3) is 10.9 Å². The molecule has 0 spiro atoms. The highest BCUT2D eigenvalue weighted by Gasteiger charge is 2.11. The van der Waals surface area contributed by atoms with E-state index >= 15 is 0 Å². The predicted octanol–water partition coefficient (Wildman–Crippen LogP) is 4.36. The van der Waals surface area contributed by atoms with Gasteiger partial charge in [0, 0.05) is 27.6 Å². The molecule has 26 heavy (non-hydrogen) atoms. The van der Waals surface area contributed by atoms with Gasteiger partial charge in [-0.2, -0.15) is 5.10 Å². The van der Waals surface area contributed by atoms with Crippen molar-refractivity contribution in [2.24, 2.45) is 0 Å². The molecule has 4 aromatic rings. The highest BCUT2D eigenvalue weighted by Crippen LogP contribution is 2.19. The van der Waals surface area contributed by atoms with Crippen molar-refractivity contribution in [3.8, 4) is 0 Å². The maximum Gasteiger partial charge on any atom is 0.230 e. The zero-order valence-electron chi connectivity index (χ0n) is 13.9. The first-order valence-corrected chi connectivity index (χ1v) is 9.09. The zero-order chi connectivity index (χ0) is 17.9. The van der Waals surface area contributed by atoms with Crippen LogP contribution < -0.4 is 5.32 Å². The van der Waals surface area contributed by atoms with Crippen molar-refractivity contribution in [1.82, 2.24) is 14.8 Å². The Bertz CT molecular complexity index is 1070.